The van der Waals surface area contributed by atoms with Gasteiger partial charge in [0.05, 0.1) is 18.1 Å². The zero-order valence-electron chi connectivity index (χ0n) is 16.0. The molecule has 3 aromatic carbocycles. The number of methoxy groups -OCH3 is 1. The Morgan fingerprint density at radius 3 is 2.43 bits per heavy atom. The quantitative estimate of drug-likeness (QED) is 0.344. The number of rotatable bonds is 8. The number of nitro benzene ring substituents is 1. The topological polar surface area (TPSA) is 117 Å². The Hall–Kier alpha value is -4.14. The third-order valence-corrected chi connectivity index (χ3v) is 4.12. The standard InChI is InChI=1S/C21H18N2O7/c1-28-16-8-9-18(19(11-16)23(26)27)22-20(24)12-30-21(25)13-29-17-7-6-14-4-2-3-5-15(14)10-17/h2-11H,12-13H2,1H3,(H,22,24). The summed E-state index contributed by atoms with van der Waals surface area (Å²) in [5, 5.41) is 15.5. The zero-order chi connectivity index (χ0) is 21.5. The van der Waals surface area contributed by atoms with Gasteiger partial charge in [0.25, 0.3) is 11.6 Å². The van der Waals surface area contributed by atoms with E-state index in [1.807, 2.05) is 30.3 Å². The van der Waals surface area contributed by atoms with Gasteiger partial charge in [-0.25, -0.2) is 4.79 Å². The number of carbonyl (C=O) groups is 2. The van der Waals surface area contributed by atoms with Gasteiger partial charge in [-0.05, 0) is 35.0 Å². The average molecular weight is 410 g/mol. The van der Waals surface area contributed by atoms with Crippen LogP contribution in [0, 0.1) is 10.1 Å². The maximum atomic E-state index is 12.0. The van der Waals surface area contributed by atoms with Crippen LogP contribution in [-0.4, -0.2) is 37.1 Å². The molecule has 3 aromatic rings. The van der Waals surface area contributed by atoms with E-state index in [4.69, 9.17) is 14.2 Å². The van der Waals surface area contributed by atoms with Crippen LogP contribution in [0.4, 0.5) is 11.4 Å². The highest BCUT2D eigenvalue weighted by Crippen LogP contribution is 2.28. The number of nitrogens with one attached hydrogen (secondary N) is 1. The Labute approximate surface area is 171 Å². The number of nitrogens with zero attached hydrogens (tertiary/aromatic N) is 1. The van der Waals surface area contributed by atoms with Crippen LogP contribution >= 0.6 is 0 Å². The molecule has 0 aliphatic carbocycles. The first kappa shape index (κ1) is 20.6. The first-order chi connectivity index (χ1) is 14.5. The second kappa shape index (κ2) is 9.37. The highest BCUT2D eigenvalue weighted by molar-refractivity contribution is 5.95. The molecule has 0 aromatic heterocycles. The van der Waals surface area contributed by atoms with Gasteiger partial charge >= 0.3 is 5.97 Å². The zero-order valence-corrected chi connectivity index (χ0v) is 16.0. The van der Waals surface area contributed by atoms with Crippen LogP contribution in [0.5, 0.6) is 11.5 Å². The summed E-state index contributed by atoms with van der Waals surface area (Å²) in [5.74, 6) is -0.703. The third kappa shape index (κ3) is 5.22. The summed E-state index contributed by atoms with van der Waals surface area (Å²) < 4.78 is 15.2. The Bertz CT molecular complexity index is 1100. The van der Waals surface area contributed by atoms with E-state index in [2.05, 4.69) is 5.32 Å². The van der Waals surface area contributed by atoms with Crippen molar-refractivity contribution < 1.29 is 28.7 Å². The molecule has 0 unspecified atom stereocenters. The Kier molecular flexibility index (Phi) is 6.43. The maximum absolute atomic E-state index is 12.0. The van der Waals surface area contributed by atoms with Crippen LogP contribution in [0.25, 0.3) is 10.8 Å². The van der Waals surface area contributed by atoms with Crippen molar-refractivity contribution in [2.24, 2.45) is 0 Å². The van der Waals surface area contributed by atoms with Crippen molar-refractivity contribution in [2.75, 3.05) is 25.6 Å². The molecule has 0 aliphatic rings. The third-order valence-electron chi connectivity index (χ3n) is 4.12. The fraction of sp³-hybridized carbons (Fsp3) is 0.143. The van der Waals surface area contributed by atoms with Crippen molar-refractivity contribution in [3.63, 3.8) is 0 Å². The number of anilines is 1. The van der Waals surface area contributed by atoms with Gasteiger partial charge in [0.2, 0.25) is 0 Å². The molecular weight excluding hydrogens is 392 g/mol. The largest absolute Gasteiger partial charge is 0.496 e. The average Bonchev–Trinajstić information content (AvgIpc) is 2.76. The maximum Gasteiger partial charge on any atom is 0.344 e. The van der Waals surface area contributed by atoms with Gasteiger partial charge in [-0.3, -0.25) is 14.9 Å². The molecule has 0 fully saturated rings. The van der Waals surface area contributed by atoms with E-state index >= 15 is 0 Å². The van der Waals surface area contributed by atoms with Gasteiger partial charge in [0.1, 0.15) is 17.2 Å². The molecule has 0 radical (unpaired) electrons. The number of benzene rings is 3. The molecule has 9 heteroatoms. The van der Waals surface area contributed by atoms with E-state index in [0.717, 1.165) is 10.8 Å². The summed E-state index contributed by atoms with van der Waals surface area (Å²) >= 11 is 0. The minimum atomic E-state index is -0.748. The van der Waals surface area contributed by atoms with Crippen molar-refractivity contribution >= 4 is 34.0 Å². The Morgan fingerprint density at radius 2 is 1.70 bits per heavy atom. The summed E-state index contributed by atoms with van der Waals surface area (Å²) in [6.45, 7) is -0.989. The number of ether oxygens (including phenoxy) is 3. The van der Waals surface area contributed by atoms with Gasteiger partial charge in [0.15, 0.2) is 13.2 Å². The molecule has 1 N–H and O–H groups in total. The first-order valence-corrected chi connectivity index (χ1v) is 8.86. The van der Waals surface area contributed by atoms with E-state index in [1.165, 1.54) is 25.3 Å². The highest BCUT2D eigenvalue weighted by atomic mass is 16.6. The molecule has 0 saturated heterocycles. The lowest BCUT2D eigenvalue weighted by molar-refractivity contribution is -0.384. The molecule has 0 aliphatic heterocycles. The fourth-order valence-corrected chi connectivity index (χ4v) is 2.67. The number of amides is 1. The molecule has 1 amide bonds. The molecule has 0 saturated carbocycles. The Balaban J connectivity index is 1.50. The van der Waals surface area contributed by atoms with E-state index < -0.39 is 23.4 Å². The summed E-state index contributed by atoms with van der Waals surface area (Å²) in [4.78, 5) is 34.3. The number of carbonyl (C=O) groups excluding carboxylic acids is 2. The lowest BCUT2D eigenvalue weighted by Gasteiger charge is -2.09. The van der Waals surface area contributed by atoms with E-state index in [0.29, 0.717) is 5.75 Å². The first-order valence-electron chi connectivity index (χ1n) is 8.86. The molecule has 0 heterocycles. The lowest BCUT2D eigenvalue weighted by Crippen LogP contribution is -2.24. The SMILES string of the molecule is COc1ccc(NC(=O)COC(=O)COc2ccc3ccccc3c2)c([N+](=O)[O-])c1. The smallest absolute Gasteiger partial charge is 0.344 e. The van der Waals surface area contributed by atoms with Gasteiger partial charge in [-0.15, -0.1) is 0 Å². The second-order valence-corrected chi connectivity index (χ2v) is 6.15. The predicted molar refractivity (Wildman–Crippen MR) is 109 cm³/mol. The summed E-state index contributed by atoms with van der Waals surface area (Å²) in [6.07, 6.45) is 0. The van der Waals surface area contributed by atoms with Crippen LogP contribution in [-0.2, 0) is 14.3 Å². The van der Waals surface area contributed by atoms with Crippen LogP contribution in [0.2, 0.25) is 0 Å². The summed E-state index contributed by atoms with van der Waals surface area (Å²) in [5.41, 5.74) is -0.372. The normalized spacial score (nSPS) is 10.3. The van der Waals surface area contributed by atoms with Crippen molar-refractivity contribution in [3.05, 3.63) is 70.8 Å². The molecule has 3 rings (SSSR count). The van der Waals surface area contributed by atoms with Crippen LogP contribution in [0.15, 0.2) is 60.7 Å². The predicted octanol–water partition coefficient (Wildman–Crippen LogP) is 3.32. The van der Waals surface area contributed by atoms with E-state index in [-0.39, 0.29) is 23.7 Å². The van der Waals surface area contributed by atoms with Gasteiger partial charge < -0.3 is 19.5 Å². The van der Waals surface area contributed by atoms with Gasteiger partial charge in [0, 0.05) is 0 Å². The van der Waals surface area contributed by atoms with Crippen LogP contribution < -0.4 is 14.8 Å². The van der Waals surface area contributed by atoms with E-state index in [9.17, 15) is 19.7 Å². The Morgan fingerprint density at radius 1 is 0.967 bits per heavy atom. The minimum Gasteiger partial charge on any atom is -0.496 e. The summed E-state index contributed by atoms with van der Waals surface area (Å²) in [6, 6.07) is 17.1. The van der Waals surface area contributed by atoms with Gasteiger partial charge in [-0.1, -0.05) is 30.3 Å². The monoisotopic (exact) mass is 410 g/mol. The number of esters is 1. The van der Waals surface area contributed by atoms with Crippen LogP contribution in [0.3, 0.4) is 0 Å². The molecule has 30 heavy (non-hydrogen) atoms. The molecule has 0 atom stereocenters. The van der Waals surface area contributed by atoms with Crippen molar-refractivity contribution in [2.45, 2.75) is 0 Å². The molecule has 0 spiro atoms. The lowest BCUT2D eigenvalue weighted by atomic mass is 10.1. The number of hydrogen-bond donors (Lipinski definition) is 1. The molecule has 9 nitrogen and oxygen atoms in total. The number of hydrogen-bond acceptors (Lipinski definition) is 7. The van der Waals surface area contributed by atoms with Crippen molar-refractivity contribution in [3.8, 4) is 11.5 Å². The number of fused-ring (bicyclic) bond motifs is 1. The molecular formula is C21H18N2O7. The minimum absolute atomic E-state index is 0.0331. The summed E-state index contributed by atoms with van der Waals surface area (Å²) in [7, 11) is 1.37. The number of nitro groups is 1. The van der Waals surface area contributed by atoms with Crippen LogP contribution in [0.1, 0.15) is 0 Å². The second-order valence-electron chi connectivity index (χ2n) is 6.15. The van der Waals surface area contributed by atoms with E-state index in [1.54, 1.807) is 12.1 Å². The highest BCUT2D eigenvalue weighted by Gasteiger charge is 2.18. The van der Waals surface area contributed by atoms with Crippen molar-refractivity contribution in [1.82, 2.24) is 0 Å². The van der Waals surface area contributed by atoms with Gasteiger partial charge in [-0.2, -0.15) is 0 Å². The van der Waals surface area contributed by atoms with Crippen molar-refractivity contribution in [1.29, 1.82) is 0 Å². The molecule has 154 valence electrons. The molecule has 0 bridgehead atoms. The fourth-order valence-electron chi connectivity index (χ4n) is 2.67.